The molecule has 0 rings (SSSR count). The summed E-state index contributed by atoms with van der Waals surface area (Å²) in [6, 6.07) is 0. The van der Waals surface area contributed by atoms with Crippen LogP contribution in [0.25, 0.3) is 0 Å². The van der Waals surface area contributed by atoms with E-state index in [9.17, 15) is 13.2 Å². The summed E-state index contributed by atoms with van der Waals surface area (Å²) in [5, 5.41) is 0.847. The van der Waals surface area contributed by atoms with Crippen LogP contribution >= 0.6 is 15.9 Å². The van der Waals surface area contributed by atoms with Gasteiger partial charge in [0.05, 0.1) is 6.42 Å². The Hall–Kier alpha value is 0.230. The van der Waals surface area contributed by atoms with E-state index in [2.05, 4.69) is 15.9 Å². The third-order valence-corrected chi connectivity index (χ3v) is 3.06. The Morgan fingerprint density at radius 1 is 1.36 bits per heavy atom. The minimum atomic E-state index is -4.04. The minimum absolute atomic E-state index is 0.0903. The molecule has 0 saturated carbocycles. The van der Waals surface area contributed by atoms with E-state index < -0.39 is 12.6 Å². The second-order valence-electron chi connectivity index (χ2n) is 3.56. The van der Waals surface area contributed by atoms with Crippen molar-refractivity contribution in [3.8, 4) is 0 Å². The first-order valence-corrected chi connectivity index (χ1v) is 5.82. The van der Waals surface area contributed by atoms with Gasteiger partial charge < -0.3 is 4.90 Å². The van der Waals surface area contributed by atoms with Crippen molar-refractivity contribution in [3.63, 3.8) is 0 Å². The highest BCUT2D eigenvalue weighted by Crippen LogP contribution is 2.19. The number of alkyl halides is 4. The molecule has 0 aliphatic heterocycles. The molecule has 0 aliphatic carbocycles. The maximum atomic E-state index is 11.9. The van der Waals surface area contributed by atoms with Gasteiger partial charge in [-0.2, -0.15) is 13.2 Å². The summed E-state index contributed by atoms with van der Waals surface area (Å²) in [6.45, 7) is 2.86. The standard InChI is InChI=1S/C9H17BrF3N/c1-3-8(6-10)7-14(2)5-4-9(11,12)13/h8H,3-7H2,1-2H3. The Labute approximate surface area is 91.8 Å². The number of hydrogen-bond acceptors (Lipinski definition) is 1. The molecule has 86 valence electrons. The van der Waals surface area contributed by atoms with Crippen LogP contribution in [-0.4, -0.2) is 36.5 Å². The molecule has 0 spiro atoms. The number of halogens is 4. The summed E-state index contributed by atoms with van der Waals surface area (Å²) < 4.78 is 35.6. The van der Waals surface area contributed by atoms with Gasteiger partial charge in [0.15, 0.2) is 0 Å². The van der Waals surface area contributed by atoms with Crippen molar-refractivity contribution < 1.29 is 13.2 Å². The summed E-state index contributed by atoms with van der Waals surface area (Å²) >= 11 is 3.35. The predicted octanol–water partition coefficient (Wildman–Crippen LogP) is 3.29. The molecule has 0 bridgehead atoms. The van der Waals surface area contributed by atoms with Gasteiger partial charge in [0.1, 0.15) is 0 Å². The van der Waals surface area contributed by atoms with E-state index >= 15 is 0 Å². The van der Waals surface area contributed by atoms with Crippen LogP contribution in [-0.2, 0) is 0 Å². The first-order valence-electron chi connectivity index (χ1n) is 4.70. The average molecular weight is 276 g/mol. The van der Waals surface area contributed by atoms with E-state index in [1.165, 1.54) is 0 Å². The zero-order valence-electron chi connectivity index (χ0n) is 8.57. The van der Waals surface area contributed by atoms with Gasteiger partial charge in [-0.1, -0.05) is 29.3 Å². The van der Waals surface area contributed by atoms with Crippen molar-refractivity contribution in [1.82, 2.24) is 4.90 Å². The predicted molar refractivity (Wildman–Crippen MR) is 55.7 cm³/mol. The summed E-state index contributed by atoms with van der Waals surface area (Å²) in [5.41, 5.74) is 0. The third kappa shape index (κ3) is 7.62. The van der Waals surface area contributed by atoms with E-state index in [0.29, 0.717) is 5.92 Å². The van der Waals surface area contributed by atoms with Crippen LogP contribution in [0.4, 0.5) is 13.2 Å². The van der Waals surface area contributed by atoms with Gasteiger partial charge in [0, 0.05) is 18.4 Å². The van der Waals surface area contributed by atoms with Crippen LogP contribution in [0.15, 0.2) is 0 Å². The molecule has 0 amide bonds. The summed E-state index contributed by atoms with van der Waals surface area (Å²) in [7, 11) is 1.73. The Balaban J connectivity index is 3.69. The maximum Gasteiger partial charge on any atom is 0.390 e. The van der Waals surface area contributed by atoms with E-state index in [1.807, 2.05) is 6.92 Å². The molecule has 0 aromatic carbocycles. The van der Waals surface area contributed by atoms with E-state index in [4.69, 9.17) is 0 Å². The molecule has 0 aliphatic rings. The molecular formula is C9H17BrF3N. The maximum absolute atomic E-state index is 11.9. The number of nitrogens with zero attached hydrogens (tertiary/aromatic N) is 1. The SMILES string of the molecule is CCC(CBr)CN(C)CCC(F)(F)F. The summed E-state index contributed by atoms with van der Waals surface area (Å²) in [4.78, 5) is 1.74. The van der Waals surface area contributed by atoms with Gasteiger partial charge in [0.2, 0.25) is 0 Å². The van der Waals surface area contributed by atoms with Crippen LogP contribution in [0.2, 0.25) is 0 Å². The van der Waals surface area contributed by atoms with E-state index in [1.54, 1.807) is 11.9 Å². The molecule has 0 radical (unpaired) electrons. The van der Waals surface area contributed by atoms with E-state index in [0.717, 1.165) is 18.3 Å². The third-order valence-electron chi connectivity index (χ3n) is 2.14. The monoisotopic (exact) mass is 275 g/mol. The fraction of sp³-hybridized carbons (Fsp3) is 1.00. The molecule has 1 atom stereocenters. The molecule has 0 aromatic rings. The molecular weight excluding hydrogens is 259 g/mol. The van der Waals surface area contributed by atoms with Crippen LogP contribution in [0.5, 0.6) is 0 Å². The normalized spacial score (nSPS) is 14.8. The molecule has 1 nitrogen and oxygen atoms in total. The fourth-order valence-corrected chi connectivity index (χ4v) is 1.80. The highest BCUT2D eigenvalue weighted by molar-refractivity contribution is 9.09. The molecule has 0 aromatic heterocycles. The molecule has 0 fully saturated rings. The summed E-state index contributed by atoms with van der Waals surface area (Å²) in [5.74, 6) is 0.438. The second-order valence-corrected chi connectivity index (χ2v) is 4.20. The van der Waals surface area contributed by atoms with E-state index in [-0.39, 0.29) is 6.54 Å². The zero-order valence-corrected chi connectivity index (χ0v) is 10.2. The lowest BCUT2D eigenvalue weighted by molar-refractivity contribution is -0.137. The molecule has 0 saturated heterocycles. The topological polar surface area (TPSA) is 3.24 Å². The number of rotatable bonds is 6. The Morgan fingerprint density at radius 3 is 2.29 bits per heavy atom. The van der Waals surface area contributed by atoms with Crippen molar-refractivity contribution in [2.45, 2.75) is 25.9 Å². The van der Waals surface area contributed by atoms with Gasteiger partial charge in [-0.05, 0) is 13.0 Å². The smallest absolute Gasteiger partial charge is 0.306 e. The van der Waals surface area contributed by atoms with Crippen LogP contribution in [0.1, 0.15) is 19.8 Å². The number of hydrogen-bond donors (Lipinski definition) is 0. The lowest BCUT2D eigenvalue weighted by atomic mass is 10.1. The van der Waals surface area contributed by atoms with Crippen molar-refractivity contribution in [2.75, 3.05) is 25.5 Å². The molecule has 14 heavy (non-hydrogen) atoms. The van der Waals surface area contributed by atoms with Gasteiger partial charge in [0.25, 0.3) is 0 Å². The van der Waals surface area contributed by atoms with Gasteiger partial charge in [-0.25, -0.2) is 0 Å². The Morgan fingerprint density at radius 2 is 1.93 bits per heavy atom. The second kappa shape index (κ2) is 6.67. The van der Waals surface area contributed by atoms with Gasteiger partial charge >= 0.3 is 6.18 Å². The molecule has 5 heteroatoms. The van der Waals surface area contributed by atoms with Crippen molar-refractivity contribution >= 4 is 15.9 Å². The highest BCUT2D eigenvalue weighted by Gasteiger charge is 2.27. The molecule has 0 N–H and O–H groups in total. The first kappa shape index (κ1) is 14.2. The largest absolute Gasteiger partial charge is 0.390 e. The minimum Gasteiger partial charge on any atom is -0.306 e. The summed E-state index contributed by atoms with van der Waals surface area (Å²) in [6.07, 6.45) is -3.77. The molecule has 1 unspecified atom stereocenters. The zero-order chi connectivity index (χ0) is 11.2. The van der Waals surface area contributed by atoms with Crippen molar-refractivity contribution in [3.05, 3.63) is 0 Å². The van der Waals surface area contributed by atoms with Crippen LogP contribution in [0, 0.1) is 5.92 Å². The fourth-order valence-electron chi connectivity index (χ4n) is 1.14. The quantitative estimate of drug-likeness (QED) is 0.673. The lowest BCUT2D eigenvalue weighted by Crippen LogP contribution is -2.29. The lowest BCUT2D eigenvalue weighted by Gasteiger charge is -2.22. The van der Waals surface area contributed by atoms with Crippen LogP contribution < -0.4 is 0 Å². The highest BCUT2D eigenvalue weighted by atomic mass is 79.9. The van der Waals surface area contributed by atoms with Crippen LogP contribution in [0.3, 0.4) is 0 Å². The van der Waals surface area contributed by atoms with Crippen molar-refractivity contribution in [1.29, 1.82) is 0 Å². The van der Waals surface area contributed by atoms with Gasteiger partial charge in [-0.3, -0.25) is 0 Å². The van der Waals surface area contributed by atoms with Crippen molar-refractivity contribution in [2.24, 2.45) is 5.92 Å². The van der Waals surface area contributed by atoms with Gasteiger partial charge in [-0.15, -0.1) is 0 Å². The Bertz CT molecular complexity index is 145. The average Bonchev–Trinajstić information content (AvgIpc) is 2.09. The first-order chi connectivity index (χ1) is 6.39. The molecule has 0 heterocycles. The Kier molecular flexibility index (Phi) is 6.78.